The van der Waals surface area contributed by atoms with Crippen LogP contribution in [0.2, 0.25) is 0 Å². The lowest BCUT2D eigenvalue weighted by atomic mass is 10.1. The summed E-state index contributed by atoms with van der Waals surface area (Å²) in [5, 5.41) is 3.44. The Kier molecular flexibility index (Phi) is 6.71. The van der Waals surface area contributed by atoms with Crippen molar-refractivity contribution in [3.63, 3.8) is 0 Å². The molecule has 0 heterocycles. The van der Waals surface area contributed by atoms with Crippen LogP contribution >= 0.6 is 0 Å². The van der Waals surface area contributed by atoms with Crippen LogP contribution in [-0.2, 0) is 6.42 Å². The van der Waals surface area contributed by atoms with Crippen molar-refractivity contribution in [3.8, 4) is 5.75 Å². The molecule has 2 nitrogen and oxygen atoms in total. The van der Waals surface area contributed by atoms with Crippen LogP contribution < -0.4 is 10.1 Å². The second-order valence-corrected chi connectivity index (χ2v) is 4.45. The second kappa shape index (κ2) is 8.13. The van der Waals surface area contributed by atoms with E-state index in [9.17, 15) is 0 Å². The van der Waals surface area contributed by atoms with Crippen LogP contribution in [0.4, 0.5) is 0 Å². The van der Waals surface area contributed by atoms with Crippen LogP contribution in [0.3, 0.4) is 0 Å². The van der Waals surface area contributed by atoms with Gasteiger partial charge in [-0.3, -0.25) is 0 Å². The summed E-state index contributed by atoms with van der Waals surface area (Å²) in [5.41, 5.74) is 1.32. The van der Waals surface area contributed by atoms with E-state index in [1.165, 1.54) is 5.56 Å². The maximum Gasteiger partial charge on any atom is 0.122 e. The van der Waals surface area contributed by atoms with Gasteiger partial charge in [-0.15, -0.1) is 0 Å². The number of nitrogens with one attached hydrogen (secondary N) is 1. The molecule has 0 bridgehead atoms. The molecule has 0 saturated carbocycles. The summed E-state index contributed by atoms with van der Waals surface area (Å²) in [7, 11) is 0. The van der Waals surface area contributed by atoms with Crippen molar-refractivity contribution < 1.29 is 4.74 Å². The van der Waals surface area contributed by atoms with E-state index in [2.05, 4.69) is 44.3 Å². The lowest BCUT2D eigenvalue weighted by molar-refractivity contribution is 0.313. The molecule has 1 aromatic rings. The van der Waals surface area contributed by atoms with E-state index in [0.717, 1.165) is 38.2 Å². The number of para-hydroxylation sites is 1. The Bertz CT molecular complexity index is 312. The molecular formula is C15H25NO. The van der Waals surface area contributed by atoms with Crippen molar-refractivity contribution in [1.82, 2.24) is 5.32 Å². The normalized spacial score (nSPS) is 12.4. The van der Waals surface area contributed by atoms with Crippen molar-refractivity contribution in [2.24, 2.45) is 0 Å². The Morgan fingerprint density at radius 1 is 1.24 bits per heavy atom. The van der Waals surface area contributed by atoms with Gasteiger partial charge < -0.3 is 10.1 Å². The molecule has 2 heteroatoms. The maximum absolute atomic E-state index is 5.76. The number of hydrogen-bond acceptors (Lipinski definition) is 2. The summed E-state index contributed by atoms with van der Waals surface area (Å²) < 4.78 is 5.76. The molecule has 0 aliphatic heterocycles. The van der Waals surface area contributed by atoms with Gasteiger partial charge in [0.2, 0.25) is 0 Å². The molecule has 0 radical (unpaired) electrons. The van der Waals surface area contributed by atoms with Crippen molar-refractivity contribution in [2.75, 3.05) is 13.2 Å². The smallest absolute Gasteiger partial charge is 0.122 e. The molecule has 0 aliphatic rings. The Morgan fingerprint density at radius 2 is 2.00 bits per heavy atom. The molecule has 96 valence electrons. The van der Waals surface area contributed by atoms with E-state index < -0.39 is 0 Å². The average molecular weight is 235 g/mol. The van der Waals surface area contributed by atoms with Crippen LogP contribution in [0.15, 0.2) is 24.3 Å². The Hall–Kier alpha value is -1.02. The Labute approximate surface area is 105 Å². The zero-order chi connectivity index (χ0) is 12.5. The minimum atomic E-state index is 0.569. The average Bonchev–Trinajstić information content (AvgIpc) is 2.35. The molecule has 1 unspecified atom stereocenters. The molecule has 1 N–H and O–H groups in total. The van der Waals surface area contributed by atoms with Crippen LogP contribution in [0, 0.1) is 0 Å². The first-order chi connectivity index (χ1) is 8.27. The minimum Gasteiger partial charge on any atom is -0.493 e. The highest BCUT2D eigenvalue weighted by Gasteiger charge is 2.05. The number of hydrogen-bond donors (Lipinski definition) is 1. The summed E-state index contributed by atoms with van der Waals surface area (Å²) >= 11 is 0. The van der Waals surface area contributed by atoms with Crippen LogP contribution in [-0.4, -0.2) is 19.2 Å². The Balaban J connectivity index is 2.51. The first-order valence-electron chi connectivity index (χ1n) is 6.72. The maximum atomic E-state index is 5.76. The fourth-order valence-corrected chi connectivity index (χ4v) is 1.89. The van der Waals surface area contributed by atoms with Gasteiger partial charge in [0, 0.05) is 6.04 Å². The SMILES string of the molecule is CCCOc1ccccc1CCC(C)NCC. The second-order valence-electron chi connectivity index (χ2n) is 4.45. The van der Waals surface area contributed by atoms with Crippen LogP contribution in [0.1, 0.15) is 39.2 Å². The summed E-state index contributed by atoms with van der Waals surface area (Å²) in [5.74, 6) is 1.05. The van der Waals surface area contributed by atoms with Crippen molar-refractivity contribution in [1.29, 1.82) is 0 Å². The van der Waals surface area contributed by atoms with E-state index in [4.69, 9.17) is 4.74 Å². The molecule has 1 rings (SSSR count). The predicted molar refractivity (Wildman–Crippen MR) is 73.7 cm³/mol. The molecule has 1 atom stereocenters. The molecule has 0 saturated heterocycles. The predicted octanol–water partition coefficient (Wildman–Crippen LogP) is 3.41. The molecule has 1 aromatic carbocycles. The highest BCUT2D eigenvalue weighted by atomic mass is 16.5. The highest BCUT2D eigenvalue weighted by Crippen LogP contribution is 2.20. The molecule has 0 spiro atoms. The first-order valence-corrected chi connectivity index (χ1v) is 6.72. The van der Waals surface area contributed by atoms with E-state index in [1.807, 2.05) is 6.07 Å². The van der Waals surface area contributed by atoms with Gasteiger partial charge in [-0.05, 0) is 44.4 Å². The topological polar surface area (TPSA) is 21.3 Å². The zero-order valence-corrected chi connectivity index (χ0v) is 11.3. The van der Waals surface area contributed by atoms with E-state index in [1.54, 1.807) is 0 Å². The lowest BCUT2D eigenvalue weighted by Gasteiger charge is -2.14. The Morgan fingerprint density at radius 3 is 2.71 bits per heavy atom. The molecule has 0 amide bonds. The van der Waals surface area contributed by atoms with Crippen LogP contribution in [0.5, 0.6) is 5.75 Å². The number of aryl methyl sites for hydroxylation is 1. The molecule has 17 heavy (non-hydrogen) atoms. The zero-order valence-electron chi connectivity index (χ0n) is 11.3. The highest BCUT2D eigenvalue weighted by molar-refractivity contribution is 5.33. The minimum absolute atomic E-state index is 0.569. The fraction of sp³-hybridized carbons (Fsp3) is 0.600. The third-order valence-corrected chi connectivity index (χ3v) is 2.83. The molecule has 0 fully saturated rings. The summed E-state index contributed by atoms with van der Waals surface area (Å²) in [4.78, 5) is 0. The van der Waals surface area contributed by atoms with Gasteiger partial charge in [-0.2, -0.15) is 0 Å². The van der Waals surface area contributed by atoms with Gasteiger partial charge in [0.25, 0.3) is 0 Å². The van der Waals surface area contributed by atoms with Gasteiger partial charge in [0.05, 0.1) is 6.61 Å². The van der Waals surface area contributed by atoms with Crippen molar-refractivity contribution in [2.45, 2.75) is 46.1 Å². The van der Waals surface area contributed by atoms with Crippen LogP contribution in [0.25, 0.3) is 0 Å². The standard InChI is InChI=1S/C15H25NO/c1-4-12-17-15-9-7-6-8-14(15)11-10-13(3)16-5-2/h6-9,13,16H,4-5,10-12H2,1-3H3. The number of ether oxygens (including phenoxy) is 1. The third-order valence-electron chi connectivity index (χ3n) is 2.83. The molecule has 0 aromatic heterocycles. The van der Waals surface area contributed by atoms with Gasteiger partial charge in [0.15, 0.2) is 0 Å². The van der Waals surface area contributed by atoms with Gasteiger partial charge in [-0.25, -0.2) is 0 Å². The van der Waals surface area contributed by atoms with Gasteiger partial charge >= 0.3 is 0 Å². The largest absolute Gasteiger partial charge is 0.493 e. The first kappa shape index (κ1) is 14.0. The van der Waals surface area contributed by atoms with E-state index >= 15 is 0 Å². The van der Waals surface area contributed by atoms with Gasteiger partial charge in [-0.1, -0.05) is 32.0 Å². The van der Waals surface area contributed by atoms with E-state index in [-0.39, 0.29) is 0 Å². The number of rotatable bonds is 8. The summed E-state index contributed by atoms with van der Waals surface area (Å²) in [6.07, 6.45) is 3.29. The fourth-order valence-electron chi connectivity index (χ4n) is 1.89. The van der Waals surface area contributed by atoms with Crippen molar-refractivity contribution in [3.05, 3.63) is 29.8 Å². The molecular weight excluding hydrogens is 210 g/mol. The monoisotopic (exact) mass is 235 g/mol. The summed E-state index contributed by atoms with van der Waals surface area (Å²) in [6.45, 7) is 8.36. The van der Waals surface area contributed by atoms with Crippen molar-refractivity contribution >= 4 is 0 Å². The quantitative estimate of drug-likeness (QED) is 0.745. The number of benzene rings is 1. The lowest BCUT2D eigenvalue weighted by Crippen LogP contribution is -2.25. The summed E-state index contributed by atoms with van der Waals surface area (Å²) in [6, 6.07) is 8.94. The van der Waals surface area contributed by atoms with E-state index in [0.29, 0.717) is 6.04 Å². The molecule has 0 aliphatic carbocycles. The third kappa shape index (κ3) is 5.22. The van der Waals surface area contributed by atoms with Gasteiger partial charge in [0.1, 0.15) is 5.75 Å².